The topological polar surface area (TPSA) is 45.1 Å². The lowest BCUT2D eigenvalue weighted by Gasteiger charge is -2.35. The van der Waals surface area contributed by atoms with Crippen LogP contribution in [0.25, 0.3) is 0 Å². The number of carbonyl (C=O) groups is 1. The molecule has 6 heteroatoms. The summed E-state index contributed by atoms with van der Waals surface area (Å²) in [5, 5.41) is 0. The maximum Gasteiger partial charge on any atom is 0.295 e. The Morgan fingerprint density at radius 1 is 1.35 bits per heavy atom. The minimum absolute atomic E-state index is 0.303. The number of rotatable bonds is 3. The summed E-state index contributed by atoms with van der Waals surface area (Å²) in [6.45, 7) is 4.33. The standard InChI is InChI=1S/C17H24FN3O2/c1-4-23-17(21(3)15-9-11-20(2)12-10-15)19-16(22)13-5-7-14(18)8-6-13/h5-8,15H,4,9-12H2,1-3H3. The van der Waals surface area contributed by atoms with Gasteiger partial charge in [-0.3, -0.25) is 4.79 Å². The van der Waals surface area contributed by atoms with Gasteiger partial charge in [0.05, 0.1) is 6.61 Å². The zero-order valence-corrected chi connectivity index (χ0v) is 14.0. The van der Waals surface area contributed by atoms with Crippen LogP contribution in [-0.4, -0.2) is 61.6 Å². The largest absolute Gasteiger partial charge is 0.465 e. The van der Waals surface area contributed by atoms with E-state index in [1.54, 1.807) is 0 Å². The lowest BCUT2D eigenvalue weighted by atomic mass is 10.0. The second-order valence-corrected chi connectivity index (χ2v) is 5.78. The van der Waals surface area contributed by atoms with Crippen LogP contribution >= 0.6 is 0 Å². The fourth-order valence-corrected chi connectivity index (χ4v) is 2.62. The van der Waals surface area contributed by atoms with Crippen molar-refractivity contribution >= 4 is 11.9 Å². The van der Waals surface area contributed by atoms with Gasteiger partial charge in [0.25, 0.3) is 11.9 Å². The highest BCUT2D eigenvalue weighted by Gasteiger charge is 2.24. The molecule has 0 unspecified atom stereocenters. The molecule has 0 saturated carbocycles. The van der Waals surface area contributed by atoms with Crippen molar-refractivity contribution in [1.82, 2.24) is 9.80 Å². The second-order valence-electron chi connectivity index (χ2n) is 5.78. The molecular weight excluding hydrogens is 297 g/mol. The average Bonchev–Trinajstić information content (AvgIpc) is 2.55. The fraction of sp³-hybridized carbons (Fsp3) is 0.529. The van der Waals surface area contributed by atoms with Crippen LogP contribution in [0.2, 0.25) is 0 Å². The van der Waals surface area contributed by atoms with E-state index in [9.17, 15) is 9.18 Å². The van der Waals surface area contributed by atoms with E-state index in [2.05, 4.69) is 16.9 Å². The molecule has 126 valence electrons. The van der Waals surface area contributed by atoms with Gasteiger partial charge in [0.15, 0.2) is 0 Å². The van der Waals surface area contributed by atoms with E-state index >= 15 is 0 Å². The van der Waals surface area contributed by atoms with Crippen LogP contribution in [0.15, 0.2) is 29.3 Å². The van der Waals surface area contributed by atoms with Crippen molar-refractivity contribution in [3.05, 3.63) is 35.6 Å². The fourth-order valence-electron chi connectivity index (χ4n) is 2.62. The summed E-state index contributed by atoms with van der Waals surface area (Å²) in [4.78, 5) is 20.6. The Morgan fingerprint density at radius 3 is 2.52 bits per heavy atom. The number of carbonyl (C=O) groups excluding carboxylic acids is 1. The number of likely N-dealkylation sites (tertiary alicyclic amines) is 1. The van der Waals surface area contributed by atoms with Crippen molar-refractivity contribution in [3.63, 3.8) is 0 Å². The summed E-state index contributed by atoms with van der Waals surface area (Å²) in [6.07, 6.45) is 2.01. The maximum absolute atomic E-state index is 13.0. The van der Waals surface area contributed by atoms with Gasteiger partial charge in [-0.2, -0.15) is 4.99 Å². The highest BCUT2D eigenvalue weighted by atomic mass is 19.1. The molecule has 1 aliphatic rings. The van der Waals surface area contributed by atoms with E-state index in [0.717, 1.165) is 25.9 Å². The van der Waals surface area contributed by atoms with Gasteiger partial charge in [-0.05, 0) is 64.2 Å². The van der Waals surface area contributed by atoms with Gasteiger partial charge >= 0.3 is 0 Å². The summed E-state index contributed by atoms with van der Waals surface area (Å²) in [5.74, 6) is -0.799. The smallest absolute Gasteiger partial charge is 0.295 e. The number of halogens is 1. The predicted molar refractivity (Wildman–Crippen MR) is 88.1 cm³/mol. The molecular formula is C17H24FN3O2. The molecule has 1 fully saturated rings. The van der Waals surface area contributed by atoms with E-state index in [1.807, 2.05) is 18.9 Å². The van der Waals surface area contributed by atoms with Gasteiger partial charge in [-0.25, -0.2) is 4.39 Å². The highest BCUT2D eigenvalue weighted by molar-refractivity contribution is 6.01. The normalized spacial score (nSPS) is 17.1. The number of nitrogens with zero attached hydrogens (tertiary/aromatic N) is 3. The quantitative estimate of drug-likeness (QED) is 0.633. The summed E-state index contributed by atoms with van der Waals surface area (Å²) in [5.41, 5.74) is 0.348. The number of benzene rings is 1. The number of amidine groups is 1. The zero-order chi connectivity index (χ0) is 16.8. The number of piperidine rings is 1. The van der Waals surface area contributed by atoms with Crippen LogP contribution in [0.4, 0.5) is 4.39 Å². The third kappa shape index (κ3) is 4.76. The molecule has 0 bridgehead atoms. The number of hydrogen-bond donors (Lipinski definition) is 0. The molecule has 23 heavy (non-hydrogen) atoms. The van der Waals surface area contributed by atoms with Gasteiger partial charge in [0.1, 0.15) is 5.82 Å². The van der Waals surface area contributed by atoms with Gasteiger partial charge in [-0.15, -0.1) is 0 Å². The number of aliphatic imine (C=N–C) groups is 1. The molecule has 0 N–H and O–H groups in total. The van der Waals surface area contributed by atoms with Crippen molar-refractivity contribution in [1.29, 1.82) is 0 Å². The molecule has 0 aromatic heterocycles. The molecule has 0 atom stereocenters. The third-order valence-corrected chi connectivity index (χ3v) is 4.10. The highest BCUT2D eigenvalue weighted by Crippen LogP contribution is 2.15. The molecule has 0 radical (unpaired) electrons. The van der Waals surface area contributed by atoms with E-state index in [1.165, 1.54) is 24.3 Å². The lowest BCUT2D eigenvalue weighted by molar-refractivity contribution is 0.0989. The van der Waals surface area contributed by atoms with Gasteiger partial charge in [-0.1, -0.05) is 0 Å². The first-order valence-electron chi connectivity index (χ1n) is 7.94. The summed E-state index contributed by atoms with van der Waals surface area (Å²) >= 11 is 0. The molecule has 1 saturated heterocycles. The van der Waals surface area contributed by atoms with Crippen molar-refractivity contribution < 1.29 is 13.9 Å². The minimum atomic E-state index is -0.423. The van der Waals surface area contributed by atoms with Crippen LogP contribution in [0, 0.1) is 5.82 Å². The first-order valence-corrected chi connectivity index (χ1v) is 7.94. The van der Waals surface area contributed by atoms with Gasteiger partial charge in [0, 0.05) is 18.7 Å². The Kier molecular flexibility index (Phi) is 6.10. The maximum atomic E-state index is 13.0. The third-order valence-electron chi connectivity index (χ3n) is 4.10. The number of hydrogen-bond acceptors (Lipinski definition) is 3. The zero-order valence-electron chi connectivity index (χ0n) is 14.0. The SMILES string of the molecule is CCOC(=NC(=O)c1ccc(F)cc1)N(C)C1CCN(C)CC1. The Morgan fingerprint density at radius 2 is 1.96 bits per heavy atom. The Bertz CT molecular complexity index is 551. The van der Waals surface area contributed by atoms with Crippen molar-refractivity contribution in [2.45, 2.75) is 25.8 Å². The molecule has 1 heterocycles. The van der Waals surface area contributed by atoms with Crippen molar-refractivity contribution in [3.8, 4) is 0 Å². The van der Waals surface area contributed by atoms with Crippen LogP contribution in [0.5, 0.6) is 0 Å². The summed E-state index contributed by atoms with van der Waals surface area (Å²) in [6, 6.07) is 6.00. The molecule has 2 rings (SSSR count). The first kappa shape index (κ1) is 17.4. The second kappa shape index (κ2) is 8.06. The van der Waals surface area contributed by atoms with Crippen LogP contribution in [0.1, 0.15) is 30.1 Å². The average molecular weight is 321 g/mol. The van der Waals surface area contributed by atoms with E-state index in [-0.39, 0.29) is 5.82 Å². The van der Waals surface area contributed by atoms with Crippen LogP contribution < -0.4 is 0 Å². The molecule has 1 aliphatic heterocycles. The molecule has 0 spiro atoms. The van der Waals surface area contributed by atoms with Crippen molar-refractivity contribution in [2.75, 3.05) is 33.8 Å². The van der Waals surface area contributed by atoms with E-state index in [0.29, 0.717) is 24.2 Å². The summed E-state index contributed by atoms with van der Waals surface area (Å²) in [7, 11) is 4.01. The summed E-state index contributed by atoms with van der Waals surface area (Å²) < 4.78 is 18.5. The van der Waals surface area contributed by atoms with E-state index in [4.69, 9.17) is 4.74 Å². The number of ether oxygens (including phenoxy) is 1. The van der Waals surface area contributed by atoms with E-state index < -0.39 is 5.91 Å². The minimum Gasteiger partial charge on any atom is -0.465 e. The van der Waals surface area contributed by atoms with Crippen LogP contribution in [0.3, 0.4) is 0 Å². The predicted octanol–water partition coefficient (Wildman–Crippen LogP) is 2.38. The Hall–Kier alpha value is -1.95. The molecule has 1 aromatic carbocycles. The van der Waals surface area contributed by atoms with Gasteiger partial charge in [0.2, 0.25) is 0 Å². The molecule has 1 amide bonds. The molecule has 1 aromatic rings. The Labute approximate surface area is 136 Å². The number of amides is 1. The Balaban J connectivity index is 2.12. The molecule has 5 nitrogen and oxygen atoms in total. The molecule has 0 aliphatic carbocycles. The van der Waals surface area contributed by atoms with Gasteiger partial charge < -0.3 is 14.5 Å². The van der Waals surface area contributed by atoms with Crippen molar-refractivity contribution in [2.24, 2.45) is 4.99 Å². The van der Waals surface area contributed by atoms with Crippen LogP contribution in [-0.2, 0) is 4.74 Å². The first-order chi connectivity index (χ1) is 11.0. The monoisotopic (exact) mass is 321 g/mol. The lowest BCUT2D eigenvalue weighted by Crippen LogP contribution is -2.45.